The molecule has 210 valence electrons. The standard InChI is InChI=1S/C31H34N2O7/c1-18-28(31(35)40-23-7-5-4-6-8-23)29(19-9-12-22(13-10-19)33(36)37)30-24(32-18)15-21(16-25(30)34)20-11-14-26(38-2)27(17-20)39-3/h9-14,17,21,23,29,32H,4-8,15-16H2,1-3H3/t21-,29+/m0/s1. The van der Waals surface area contributed by atoms with Crippen LogP contribution in [0.4, 0.5) is 5.69 Å². The summed E-state index contributed by atoms with van der Waals surface area (Å²) < 4.78 is 16.8. The smallest absolute Gasteiger partial charge is 0.337 e. The normalized spacial score (nSPS) is 21.4. The maximum Gasteiger partial charge on any atom is 0.337 e. The average Bonchev–Trinajstić information content (AvgIpc) is 2.96. The molecule has 0 radical (unpaired) electrons. The molecule has 40 heavy (non-hydrogen) atoms. The van der Waals surface area contributed by atoms with Gasteiger partial charge in [-0.2, -0.15) is 0 Å². The quantitative estimate of drug-likeness (QED) is 0.261. The highest BCUT2D eigenvalue weighted by molar-refractivity contribution is 6.04. The molecule has 0 bridgehead atoms. The number of allylic oxidation sites excluding steroid dienone is 3. The number of esters is 1. The van der Waals surface area contributed by atoms with E-state index in [1.165, 1.54) is 12.1 Å². The first-order chi connectivity index (χ1) is 19.3. The van der Waals surface area contributed by atoms with E-state index in [2.05, 4.69) is 5.32 Å². The second-order valence-corrected chi connectivity index (χ2v) is 10.6. The lowest BCUT2D eigenvalue weighted by Gasteiger charge is -2.37. The van der Waals surface area contributed by atoms with Gasteiger partial charge in [-0.3, -0.25) is 14.9 Å². The molecule has 1 fully saturated rings. The van der Waals surface area contributed by atoms with Crippen LogP contribution >= 0.6 is 0 Å². The minimum atomic E-state index is -0.674. The predicted molar refractivity (Wildman–Crippen MR) is 148 cm³/mol. The predicted octanol–water partition coefficient (Wildman–Crippen LogP) is 5.85. The minimum Gasteiger partial charge on any atom is -0.493 e. The molecule has 1 N–H and O–H groups in total. The van der Waals surface area contributed by atoms with E-state index < -0.39 is 16.8 Å². The van der Waals surface area contributed by atoms with Gasteiger partial charge in [-0.05, 0) is 68.2 Å². The first-order valence-electron chi connectivity index (χ1n) is 13.7. The van der Waals surface area contributed by atoms with Gasteiger partial charge >= 0.3 is 5.97 Å². The molecule has 2 aromatic rings. The largest absolute Gasteiger partial charge is 0.493 e. The summed E-state index contributed by atoms with van der Waals surface area (Å²) >= 11 is 0. The fraction of sp³-hybridized carbons (Fsp3) is 0.419. The fourth-order valence-corrected chi connectivity index (χ4v) is 6.17. The molecule has 0 unspecified atom stereocenters. The number of ketones is 1. The summed E-state index contributed by atoms with van der Waals surface area (Å²) in [5, 5.41) is 14.7. The van der Waals surface area contributed by atoms with Crippen molar-refractivity contribution in [2.24, 2.45) is 0 Å². The first-order valence-corrected chi connectivity index (χ1v) is 13.7. The minimum absolute atomic E-state index is 0.0533. The molecular formula is C31H34N2O7. The second-order valence-electron chi connectivity index (χ2n) is 10.6. The molecule has 1 aliphatic heterocycles. The zero-order valence-electron chi connectivity index (χ0n) is 23.0. The number of non-ortho nitro benzene ring substituents is 1. The lowest BCUT2D eigenvalue weighted by atomic mass is 9.71. The third kappa shape index (κ3) is 5.33. The number of rotatable bonds is 7. The Balaban J connectivity index is 1.52. The van der Waals surface area contributed by atoms with Gasteiger partial charge in [-0.25, -0.2) is 4.79 Å². The number of dihydropyridines is 1. The maximum atomic E-state index is 13.9. The van der Waals surface area contributed by atoms with Gasteiger partial charge < -0.3 is 19.5 Å². The van der Waals surface area contributed by atoms with Crippen molar-refractivity contribution in [2.75, 3.05) is 14.2 Å². The maximum absolute atomic E-state index is 13.9. The van der Waals surface area contributed by atoms with E-state index in [4.69, 9.17) is 14.2 Å². The third-order valence-corrected chi connectivity index (χ3v) is 8.19. The second kappa shape index (κ2) is 11.5. The number of hydrogen-bond acceptors (Lipinski definition) is 8. The summed E-state index contributed by atoms with van der Waals surface area (Å²) in [4.78, 5) is 38.4. The van der Waals surface area contributed by atoms with Crippen molar-refractivity contribution in [3.05, 3.63) is 86.2 Å². The number of nitrogens with zero attached hydrogens (tertiary/aromatic N) is 1. The Morgan fingerprint density at radius 2 is 1.62 bits per heavy atom. The van der Waals surface area contributed by atoms with Crippen molar-refractivity contribution in [1.82, 2.24) is 5.32 Å². The molecule has 9 nitrogen and oxygen atoms in total. The number of benzene rings is 2. The van der Waals surface area contributed by atoms with Crippen LogP contribution in [0, 0.1) is 10.1 Å². The van der Waals surface area contributed by atoms with Gasteiger partial charge in [0.15, 0.2) is 17.3 Å². The molecule has 2 aromatic carbocycles. The lowest BCUT2D eigenvalue weighted by Crippen LogP contribution is -2.37. The number of carbonyl (C=O) groups is 2. The van der Waals surface area contributed by atoms with Crippen LogP contribution in [0.3, 0.4) is 0 Å². The summed E-state index contributed by atoms with van der Waals surface area (Å²) in [6, 6.07) is 11.8. The van der Waals surface area contributed by atoms with E-state index in [0.717, 1.165) is 43.4 Å². The van der Waals surface area contributed by atoms with Gasteiger partial charge in [0.25, 0.3) is 5.69 Å². The van der Waals surface area contributed by atoms with E-state index in [-0.39, 0.29) is 29.9 Å². The van der Waals surface area contributed by atoms with E-state index in [1.807, 2.05) is 25.1 Å². The Kier molecular flexibility index (Phi) is 7.91. The number of nitro benzene ring substituents is 1. The molecule has 1 heterocycles. The van der Waals surface area contributed by atoms with Crippen molar-refractivity contribution in [2.45, 2.75) is 69.8 Å². The van der Waals surface area contributed by atoms with Crippen LogP contribution in [-0.4, -0.2) is 37.0 Å². The van der Waals surface area contributed by atoms with Crippen LogP contribution in [0.15, 0.2) is 65.0 Å². The molecular weight excluding hydrogens is 512 g/mol. The molecule has 5 rings (SSSR count). The van der Waals surface area contributed by atoms with Crippen molar-refractivity contribution in [3.63, 3.8) is 0 Å². The third-order valence-electron chi connectivity index (χ3n) is 8.19. The Bertz CT molecular complexity index is 1390. The number of hydrogen-bond donors (Lipinski definition) is 1. The van der Waals surface area contributed by atoms with Gasteiger partial charge in [0.2, 0.25) is 0 Å². The highest BCUT2D eigenvalue weighted by Crippen LogP contribution is 2.47. The molecule has 0 saturated heterocycles. The molecule has 9 heteroatoms. The number of ether oxygens (including phenoxy) is 3. The summed E-state index contributed by atoms with van der Waals surface area (Å²) in [7, 11) is 3.16. The Labute approximate surface area is 233 Å². The fourth-order valence-electron chi connectivity index (χ4n) is 6.17. The molecule has 3 aliphatic rings. The molecule has 1 saturated carbocycles. The highest BCUT2D eigenvalue weighted by Gasteiger charge is 2.42. The monoisotopic (exact) mass is 546 g/mol. The van der Waals surface area contributed by atoms with Crippen LogP contribution in [0.5, 0.6) is 11.5 Å². The first kappa shape index (κ1) is 27.4. The SMILES string of the molecule is COc1ccc([C@@H]2CC(=O)C3=C(C2)NC(C)=C(C(=O)OC2CCCCC2)[C@H]3c2ccc([N+](=O)[O-])cc2)cc1OC. The summed E-state index contributed by atoms with van der Waals surface area (Å²) in [5.74, 6) is -0.0841. The number of carbonyl (C=O) groups excluding carboxylic acids is 2. The van der Waals surface area contributed by atoms with Crippen LogP contribution < -0.4 is 14.8 Å². The van der Waals surface area contributed by atoms with E-state index in [0.29, 0.717) is 40.3 Å². The molecule has 0 spiro atoms. The van der Waals surface area contributed by atoms with Crippen LogP contribution in [0.25, 0.3) is 0 Å². The van der Waals surface area contributed by atoms with Gasteiger partial charge in [0.1, 0.15) is 6.10 Å². The van der Waals surface area contributed by atoms with Crippen molar-refractivity contribution < 1.29 is 28.7 Å². The van der Waals surface area contributed by atoms with Crippen LogP contribution in [0.2, 0.25) is 0 Å². The number of nitro groups is 1. The number of methoxy groups -OCH3 is 2. The Morgan fingerprint density at radius 1 is 0.950 bits per heavy atom. The van der Waals surface area contributed by atoms with Crippen molar-refractivity contribution >= 4 is 17.4 Å². The van der Waals surface area contributed by atoms with E-state index >= 15 is 0 Å². The van der Waals surface area contributed by atoms with Gasteiger partial charge in [0, 0.05) is 41.4 Å². The van der Waals surface area contributed by atoms with Gasteiger partial charge in [-0.15, -0.1) is 0 Å². The zero-order chi connectivity index (χ0) is 28.4. The van der Waals surface area contributed by atoms with Crippen LogP contribution in [0.1, 0.15) is 74.8 Å². The van der Waals surface area contributed by atoms with E-state index in [9.17, 15) is 19.7 Å². The molecule has 0 aromatic heterocycles. The highest BCUT2D eigenvalue weighted by atomic mass is 16.6. The lowest BCUT2D eigenvalue weighted by molar-refractivity contribution is -0.384. The molecule has 2 atom stereocenters. The summed E-state index contributed by atoms with van der Waals surface area (Å²) in [5.41, 5.74) is 3.84. The number of nitrogens with one attached hydrogen (secondary N) is 1. The van der Waals surface area contributed by atoms with E-state index in [1.54, 1.807) is 26.4 Å². The van der Waals surface area contributed by atoms with Gasteiger partial charge in [-0.1, -0.05) is 24.6 Å². The molecule has 2 aliphatic carbocycles. The van der Waals surface area contributed by atoms with Crippen LogP contribution in [-0.2, 0) is 14.3 Å². The number of Topliss-reactive ketones (excluding diaryl/α,β-unsaturated/α-hetero) is 1. The Hall–Kier alpha value is -4.14. The topological polar surface area (TPSA) is 117 Å². The summed E-state index contributed by atoms with van der Waals surface area (Å²) in [6.07, 6.45) is 5.49. The van der Waals surface area contributed by atoms with Crippen molar-refractivity contribution in [1.29, 1.82) is 0 Å². The average molecular weight is 547 g/mol. The zero-order valence-corrected chi connectivity index (χ0v) is 23.0. The van der Waals surface area contributed by atoms with Crippen molar-refractivity contribution in [3.8, 4) is 11.5 Å². The summed E-state index contributed by atoms with van der Waals surface area (Å²) in [6.45, 7) is 1.82. The van der Waals surface area contributed by atoms with Gasteiger partial charge in [0.05, 0.1) is 24.7 Å². The Morgan fingerprint density at radius 3 is 2.27 bits per heavy atom. The molecule has 0 amide bonds.